The minimum absolute atomic E-state index is 0. The molecule has 2 aromatic rings. The summed E-state index contributed by atoms with van der Waals surface area (Å²) in [5, 5.41) is 0. The molecule has 3 aliphatic rings. The van der Waals surface area contributed by atoms with Crippen LogP contribution in [0, 0.1) is 0 Å². The van der Waals surface area contributed by atoms with Crippen molar-refractivity contribution in [1.29, 1.82) is 0 Å². The Hall–Kier alpha value is -2.07. The third-order valence-electron chi connectivity index (χ3n) is 7.36. The van der Waals surface area contributed by atoms with Crippen LogP contribution in [0.2, 0.25) is 6.04 Å². The van der Waals surface area contributed by atoms with Crippen molar-refractivity contribution in [2.24, 2.45) is 0 Å². The van der Waals surface area contributed by atoms with Gasteiger partial charge in [0.2, 0.25) is 0 Å². The van der Waals surface area contributed by atoms with Crippen LogP contribution < -0.4 is 0 Å². The van der Waals surface area contributed by atoms with Gasteiger partial charge in [-0.05, 0) is 66.0 Å². The van der Waals surface area contributed by atoms with Gasteiger partial charge in [0, 0.05) is 40.9 Å². The molecule has 180 valence electrons. The molecule has 0 radical (unpaired) electrons. The van der Waals surface area contributed by atoms with E-state index in [9.17, 15) is 4.46 Å². The Bertz CT molecular complexity index is 1140. The monoisotopic (exact) mass is 515 g/mol. The van der Waals surface area contributed by atoms with Crippen LogP contribution in [-0.4, -0.2) is 26.5 Å². The molecular formula is C31H37NOSiTi. The zero-order valence-electron chi connectivity index (χ0n) is 21.2. The second-order valence-electron chi connectivity index (χ2n) is 9.53. The molecule has 0 bridgehead atoms. The first-order valence-corrected chi connectivity index (χ1v) is 14.3. The van der Waals surface area contributed by atoms with Gasteiger partial charge in [0.05, 0.1) is 0 Å². The molecule has 0 amide bonds. The smallest absolute Gasteiger partial charge is 0.377 e. The minimum Gasteiger partial charge on any atom is -0.377 e. The van der Waals surface area contributed by atoms with E-state index in [-0.39, 0.29) is 21.7 Å². The van der Waals surface area contributed by atoms with Crippen LogP contribution in [-0.2, 0) is 32.6 Å². The van der Waals surface area contributed by atoms with E-state index in [2.05, 4.69) is 72.8 Å². The summed E-state index contributed by atoms with van der Waals surface area (Å²) in [6.45, 7) is 5.42. The summed E-state index contributed by atoms with van der Waals surface area (Å²) in [4.78, 5) is 0. The quantitative estimate of drug-likeness (QED) is 0.300. The van der Waals surface area contributed by atoms with Gasteiger partial charge < -0.3 is 9.03 Å². The number of fused-ring (bicyclic) bond motifs is 5. The zero-order chi connectivity index (χ0) is 23.9. The number of hydrogen-bond acceptors (Lipinski definition) is 1. The van der Waals surface area contributed by atoms with Crippen molar-refractivity contribution in [3.63, 3.8) is 0 Å². The van der Waals surface area contributed by atoms with Crippen molar-refractivity contribution in [3.8, 4) is 0 Å². The van der Waals surface area contributed by atoms with Gasteiger partial charge in [0.1, 0.15) is 0 Å². The van der Waals surface area contributed by atoms with Crippen LogP contribution in [0.4, 0.5) is 0 Å². The first kappa shape index (κ1) is 27.5. The molecule has 5 rings (SSSR count). The molecule has 0 unspecified atom stereocenters. The maximum Gasteiger partial charge on any atom is 0.398 e. The Morgan fingerprint density at radius 2 is 1.63 bits per heavy atom. The summed E-state index contributed by atoms with van der Waals surface area (Å²) in [5.41, 5.74) is 9.58. The van der Waals surface area contributed by atoms with Crippen molar-refractivity contribution in [3.05, 3.63) is 107 Å². The molecule has 0 N–H and O–H groups in total. The number of hydrogen-bond donors (Lipinski definition) is 0. The first-order valence-electron chi connectivity index (χ1n) is 12.7. The molecule has 1 saturated carbocycles. The Balaban J connectivity index is 0.000000521. The van der Waals surface area contributed by atoms with E-state index < -0.39 is 8.84 Å². The molecule has 3 aliphatic carbocycles. The molecule has 2 aromatic carbocycles. The summed E-state index contributed by atoms with van der Waals surface area (Å²) in [5.74, 6) is 0. The van der Waals surface area contributed by atoms with E-state index >= 15 is 0 Å². The molecule has 0 aromatic heterocycles. The number of rotatable bonds is 5. The van der Waals surface area contributed by atoms with Gasteiger partial charge in [-0.2, -0.15) is 0 Å². The molecule has 4 heteroatoms. The van der Waals surface area contributed by atoms with E-state index in [4.69, 9.17) is 0 Å². The minimum atomic E-state index is -1.80. The third-order valence-corrected chi connectivity index (χ3v) is 9.24. The fourth-order valence-corrected chi connectivity index (χ4v) is 7.14. The molecular weight excluding hydrogens is 478 g/mol. The molecule has 2 nitrogen and oxygen atoms in total. The standard InChI is InChI=1S/C26H29NOSi.C5H8.Ti/c1-27(22-11-3-2-4-12-22)29(28)18-21-15-16-25-23-13-7-5-9-19(23)17-20-10-6-8-14-24(20)26(21)25;1-3-5-4-2;/h5-10,13-14,16,22H,2-4,11-12,15,17-18H2,1H3;3-5H,1H2,2H3;. The fraction of sp³-hybridized carbons (Fsp3) is 0.355. The first-order chi connectivity index (χ1) is 16.6. The van der Waals surface area contributed by atoms with Gasteiger partial charge >= 0.3 is 8.84 Å². The Kier molecular flexibility index (Phi) is 10.5. The zero-order valence-corrected chi connectivity index (χ0v) is 23.8. The molecule has 1 fully saturated rings. The van der Waals surface area contributed by atoms with Crippen LogP contribution in [0.1, 0.15) is 67.7 Å². The van der Waals surface area contributed by atoms with E-state index in [1.54, 1.807) is 6.08 Å². The molecule has 0 atom stereocenters. The van der Waals surface area contributed by atoms with Gasteiger partial charge in [-0.15, -0.1) is 0 Å². The Labute approximate surface area is 228 Å². The van der Waals surface area contributed by atoms with E-state index in [0.717, 1.165) is 18.9 Å². The van der Waals surface area contributed by atoms with Crippen molar-refractivity contribution >= 4 is 20.0 Å². The van der Waals surface area contributed by atoms with Gasteiger partial charge in [-0.3, -0.25) is 0 Å². The topological polar surface area (TPSA) is 20.3 Å². The Morgan fingerprint density at radius 3 is 2.26 bits per heavy atom. The fourth-order valence-electron chi connectivity index (χ4n) is 5.54. The largest absolute Gasteiger partial charge is 0.398 e. The second-order valence-corrected chi connectivity index (χ2v) is 11.4. The number of allylic oxidation sites excluding steroid dienone is 7. The Morgan fingerprint density at radius 1 is 1.00 bits per heavy atom. The van der Waals surface area contributed by atoms with E-state index in [0.29, 0.717) is 6.04 Å². The summed E-state index contributed by atoms with van der Waals surface area (Å²) >= 11 is 0. The predicted octanol–water partition coefficient (Wildman–Crippen LogP) is 7.76. The van der Waals surface area contributed by atoms with E-state index in [1.165, 1.54) is 71.1 Å². The predicted molar refractivity (Wildman–Crippen MR) is 146 cm³/mol. The van der Waals surface area contributed by atoms with Crippen molar-refractivity contribution in [2.75, 3.05) is 7.05 Å². The molecule has 0 heterocycles. The van der Waals surface area contributed by atoms with E-state index in [1.807, 2.05) is 19.1 Å². The molecule has 35 heavy (non-hydrogen) atoms. The number of nitrogens with zero attached hydrogens (tertiary/aromatic N) is 1. The second kappa shape index (κ2) is 13.3. The van der Waals surface area contributed by atoms with Gasteiger partial charge in [0.15, 0.2) is 0 Å². The van der Waals surface area contributed by atoms with Crippen LogP contribution >= 0.6 is 0 Å². The normalized spacial score (nSPS) is 16.6. The summed E-state index contributed by atoms with van der Waals surface area (Å²) < 4.78 is 15.6. The van der Waals surface area contributed by atoms with Crippen molar-refractivity contribution in [2.45, 2.75) is 64.0 Å². The summed E-state index contributed by atoms with van der Waals surface area (Å²) in [6.07, 6.45) is 16.2. The summed E-state index contributed by atoms with van der Waals surface area (Å²) in [6, 6.07) is 18.8. The average molecular weight is 516 g/mol. The summed E-state index contributed by atoms with van der Waals surface area (Å²) in [7, 11) is 0.303. The number of benzene rings is 2. The molecule has 0 aliphatic heterocycles. The van der Waals surface area contributed by atoms with Crippen LogP contribution in [0.25, 0.3) is 11.1 Å². The maximum absolute atomic E-state index is 13.4. The SMILES string of the molecule is C=CC=CC.CN(C1CCCCC1)[Si](=O)CC1=C2C(=CC1)c1ccccc1Cc1ccccc12.[Ti]. The van der Waals surface area contributed by atoms with Crippen LogP contribution in [0.15, 0.2) is 85.0 Å². The van der Waals surface area contributed by atoms with Crippen LogP contribution in [0.3, 0.4) is 0 Å². The molecule has 0 saturated heterocycles. The maximum atomic E-state index is 13.4. The van der Waals surface area contributed by atoms with Crippen molar-refractivity contribution < 1.29 is 26.2 Å². The van der Waals surface area contributed by atoms with Gasteiger partial charge in [0.25, 0.3) is 0 Å². The van der Waals surface area contributed by atoms with Gasteiger partial charge in [-0.1, -0.05) is 104 Å². The third kappa shape index (κ3) is 6.39. The average Bonchev–Trinajstić information content (AvgIpc) is 3.22. The van der Waals surface area contributed by atoms with Crippen LogP contribution in [0.5, 0.6) is 0 Å². The van der Waals surface area contributed by atoms with Gasteiger partial charge in [-0.25, -0.2) is 0 Å². The van der Waals surface area contributed by atoms with Crippen molar-refractivity contribution in [1.82, 2.24) is 4.57 Å². The molecule has 0 spiro atoms.